The van der Waals surface area contributed by atoms with E-state index in [9.17, 15) is 4.39 Å². The summed E-state index contributed by atoms with van der Waals surface area (Å²) in [6, 6.07) is 12.6. The van der Waals surface area contributed by atoms with Crippen LogP contribution in [-0.4, -0.2) is 14.2 Å². The largest absolute Gasteiger partial charge is 0.497 e. The summed E-state index contributed by atoms with van der Waals surface area (Å²) in [5.74, 6) is 0.863. The van der Waals surface area contributed by atoms with E-state index in [2.05, 4.69) is 4.90 Å². The molecule has 0 aromatic heterocycles. The molecule has 2 aromatic carbocycles. The first-order valence-electron chi connectivity index (χ1n) is 6.32. The molecule has 0 amide bonds. The Labute approximate surface area is 123 Å². The first-order valence-corrected chi connectivity index (χ1v) is 6.86. The number of ether oxygens (including phenoxy) is 1. The lowest BCUT2D eigenvalue weighted by Crippen LogP contribution is -2.17. The van der Waals surface area contributed by atoms with Gasteiger partial charge in [0.25, 0.3) is 0 Å². The number of methoxy groups -OCH3 is 1. The maximum absolute atomic E-state index is 13.2. The van der Waals surface area contributed by atoms with Crippen LogP contribution in [0.2, 0.25) is 0 Å². The van der Waals surface area contributed by atoms with Crippen molar-refractivity contribution < 1.29 is 9.13 Å². The third kappa shape index (κ3) is 3.42. The molecule has 0 aliphatic carbocycles. The highest BCUT2D eigenvalue weighted by Crippen LogP contribution is 2.24. The lowest BCUT2D eigenvalue weighted by molar-refractivity contribution is 0.414. The highest BCUT2D eigenvalue weighted by Gasteiger charge is 2.08. The monoisotopic (exact) mass is 293 g/mol. The van der Waals surface area contributed by atoms with Crippen molar-refractivity contribution >= 4 is 17.3 Å². The number of halogens is 2. The molecule has 0 unspecified atom stereocenters. The van der Waals surface area contributed by atoms with E-state index >= 15 is 0 Å². The highest BCUT2D eigenvalue weighted by atomic mass is 35.5. The summed E-state index contributed by atoms with van der Waals surface area (Å²) >= 11 is 5.88. The van der Waals surface area contributed by atoms with E-state index in [0.717, 1.165) is 29.1 Å². The van der Waals surface area contributed by atoms with Crippen LogP contribution in [0.3, 0.4) is 0 Å². The van der Waals surface area contributed by atoms with E-state index in [-0.39, 0.29) is 5.82 Å². The van der Waals surface area contributed by atoms with Gasteiger partial charge in [0, 0.05) is 25.2 Å². The summed E-state index contributed by atoms with van der Waals surface area (Å²) < 4.78 is 18.4. The number of rotatable bonds is 5. The summed E-state index contributed by atoms with van der Waals surface area (Å²) in [7, 11) is 3.61. The molecule has 0 atom stereocenters. The number of anilines is 1. The molecule has 0 aliphatic rings. The first kappa shape index (κ1) is 14.7. The standard InChI is InChI=1S/C16H17ClFNO/c1-19(11-12-3-6-15(20-2)7-4-12)16-8-5-14(18)9-13(16)10-17/h3-9H,10-11H2,1-2H3. The minimum Gasteiger partial charge on any atom is -0.497 e. The van der Waals surface area contributed by atoms with Gasteiger partial charge in [0.1, 0.15) is 11.6 Å². The Bertz CT molecular complexity index is 571. The number of alkyl halides is 1. The van der Waals surface area contributed by atoms with E-state index in [1.54, 1.807) is 13.2 Å². The Morgan fingerprint density at radius 2 is 1.85 bits per heavy atom. The average molecular weight is 294 g/mol. The van der Waals surface area contributed by atoms with Crippen LogP contribution in [0.25, 0.3) is 0 Å². The molecule has 0 N–H and O–H groups in total. The number of nitrogens with zero attached hydrogens (tertiary/aromatic N) is 1. The molecule has 0 heterocycles. The molecule has 106 valence electrons. The number of hydrogen-bond donors (Lipinski definition) is 0. The number of benzene rings is 2. The summed E-state index contributed by atoms with van der Waals surface area (Å²) in [6.45, 7) is 0.722. The second kappa shape index (κ2) is 6.62. The van der Waals surface area contributed by atoms with Crippen LogP contribution in [-0.2, 0) is 12.4 Å². The first-order chi connectivity index (χ1) is 9.63. The Balaban J connectivity index is 2.16. The molecule has 20 heavy (non-hydrogen) atoms. The number of hydrogen-bond acceptors (Lipinski definition) is 2. The van der Waals surface area contributed by atoms with Crippen LogP contribution < -0.4 is 9.64 Å². The lowest BCUT2D eigenvalue weighted by atomic mass is 10.1. The highest BCUT2D eigenvalue weighted by molar-refractivity contribution is 6.17. The van der Waals surface area contributed by atoms with Crippen molar-refractivity contribution in [3.05, 3.63) is 59.4 Å². The van der Waals surface area contributed by atoms with Gasteiger partial charge in [0.15, 0.2) is 0 Å². The van der Waals surface area contributed by atoms with Gasteiger partial charge in [-0.25, -0.2) is 4.39 Å². The smallest absolute Gasteiger partial charge is 0.123 e. The molecular formula is C16H17ClFNO. The maximum Gasteiger partial charge on any atom is 0.123 e. The fourth-order valence-electron chi connectivity index (χ4n) is 2.12. The van der Waals surface area contributed by atoms with Crippen molar-refractivity contribution in [1.29, 1.82) is 0 Å². The van der Waals surface area contributed by atoms with Crippen LogP contribution in [0.1, 0.15) is 11.1 Å². The average Bonchev–Trinajstić information content (AvgIpc) is 2.47. The zero-order chi connectivity index (χ0) is 14.5. The molecule has 0 radical (unpaired) electrons. The predicted octanol–water partition coefficient (Wildman–Crippen LogP) is 4.21. The van der Waals surface area contributed by atoms with Gasteiger partial charge >= 0.3 is 0 Å². The Morgan fingerprint density at radius 3 is 2.45 bits per heavy atom. The topological polar surface area (TPSA) is 12.5 Å². The van der Waals surface area contributed by atoms with Crippen molar-refractivity contribution in [1.82, 2.24) is 0 Å². The second-order valence-corrected chi connectivity index (χ2v) is 4.88. The Hall–Kier alpha value is -1.74. The van der Waals surface area contributed by atoms with Gasteiger partial charge < -0.3 is 9.64 Å². The van der Waals surface area contributed by atoms with Crippen molar-refractivity contribution in [2.45, 2.75) is 12.4 Å². The summed E-state index contributed by atoms with van der Waals surface area (Å²) in [5, 5.41) is 0. The van der Waals surface area contributed by atoms with Crippen molar-refractivity contribution in [3.8, 4) is 5.75 Å². The Morgan fingerprint density at radius 1 is 1.15 bits per heavy atom. The van der Waals surface area contributed by atoms with Crippen LogP contribution in [0.15, 0.2) is 42.5 Å². The molecule has 2 aromatic rings. The van der Waals surface area contributed by atoms with Gasteiger partial charge in [-0.15, -0.1) is 11.6 Å². The fraction of sp³-hybridized carbons (Fsp3) is 0.250. The Kier molecular flexibility index (Phi) is 4.85. The van der Waals surface area contributed by atoms with Gasteiger partial charge in [0.2, 0.25) is 0 Å². The summed E-state index contributed by atoms with van der Waals surface area (Å²) in [4.78, 5) is 2.05. The van der Waals surface area contributed by atoms with E-state index in [0.29, 0.717) is 5.88 Å². The second-order valence-electron chi connectivity index (χ2n) is 4.61. The minimum absolute atomic E-state index is 0.262. The molecule has 0 saturated heterocycles. The van der Waals surface area contributed by atoms with Crippen LogP contribution in [0.5, 0.6) is 5.75 Å². The third-order valence-electron chi connectivity index (χ3n) is 3.18. The lowest BCUT2D eigenvalue weighted by Gasteiger charge is -2.22. The van der Waals surface area contributed by atoms with Gasteiger partial charge in [-0.05, 0) is 41.5 Å². The molecule has 0 saturated carbocycles. The van der Waals surface area contributed by atoms with E-state index in [1.807, 2.05) is 31.3 Å². The molecule has 0 spiro atoms. The summed E-state index contributed by atoms with van der Waals surface area (Å²) in [6.07, 6.45) is 0. The molecule has 2 rings (SSSR count). The van der Waals surface area contributed by atoms with Crippen molar-refractivity contribution in [3.63, 3.8) is 0 Å². The van der Waals surface area contributed by atoms with Crippen LogP contribution >= 0.6 is 11.6 Å². The van der Waals surface area contributed by atoms with Crippen LogP contribution in [0, 0.1) is 5.82 Å². The normalized spacial score (nSPS) is 10.4. The molecular weight excluding hydrogens is 277 g/mol. The fourth-order valence-corrected chi connectivity index (χ4v) is 2.34. The third-order valence-corrected chi connectivity index (χ3v) is 3.46. The van der Waals surface area contributed by atoms with Gasteiger partial charge in [-0.3, -0.25) is 0 Å². The van der Waals surface area contributed by atoms with Crippen molar-refractivity contribution in [2.24, 2.45) is 0 Å². The van der Waals surface area contributed by atoms with E-state index in [1.165, 1.54) is 12.1 Å². The predicted molar refractivity (Wildman–Crippen MR) is 81.1 cm³/mol. The maximum atomic E-state index is 13.2. The zero-order valence-electron chi connectivity index (χ0n) is 11.6. The van der Waals surface area contributed by atoms with Crippen molar-refractivity contribution in [2.75, 3.05) is 19.1 Å². The zero-order valence-corrected chi connectivity index (χ0v) is 12.3. The summed E-state index contributed by atoms with van der Waals surface area (Å²) in [5.41, 5.74) is 2.89. The van der Waals surface area contributed by atoms with Crippen LogP contribution in [0.4, 0.5) is 10.1 Å². The quantitative estimate of drug-likeness (QED) is 0.766. The molecule has 2 nitrogen and oxygen atoms in total. The van der Waals surface area contributed by atoms with Gasteiger partial charge in [0.05, 0.1) is 7.11 Å². The molecule has 0 aliphatic heterocycles. The van der Waals surface area contributed by atoms with Gasteiger partial charge in [-0.1, -0.05) is 12.1 Å². The molecule has 4 heteroatoms. The molecule has 0 bridgehead atoms. The van der Waals surface area contributed by atoms with E-state index in [4.69, 9.17) is 16.3 Å². The van der Waals surface area contributed by atoms with Gasteiger partial charge in [-0.2, -0.15) is 0 Å². The van der Waals surface area contributed by atoms with E-state index < -0.39 is 0 Å². The minimum atomic E-state index is -0.262. The molecule has 0 fully saturated rings. The SMILES string of the molecule is COc1ccc(CN(C)c2ccc(F)cc2CCl)cc1.